The van der Waals surface area contributed by atoms with Crippen LogP contribution in [0.1, 0.15) is 39.2 Å². The van der Waals surface area contributed by atoms with Crippen LogP contribution in [0.5, 0.6) is 0 Å². The number of thiophene rings is 1. The molecule has 1 aliphatic rings. The number of para-hydroxylation sites is 1. The summed E-state index contributed by atoms with van der Waals surface area (Å²) < 4.78 is 33.7. The maximum Gasteiger partial charge on any atom is 0.340 e. The third-order valence-electron chi connectivity index (χ3n) is 4.96. The van der Waals surface area contributed by atoms with Gasteiger partial charge in [0.25, 0.3) is 10.0 Å². The van der Waals surface area contributed by atoms with Crippen LogP contribution >= 0.6 is 11.3 Å². The van der Waals surface area contributed by atoms with Crippen LogP contribution in [0.2, 0.25) is 0 Å². The Hall–Kier alpha value is -2.65. The van der Waals surface area contributed by atoms with E-state index in [0.717, 1.165) is 16.9 Å². The Labute approximate surface area is 180 Å². The number of nitrogens with zero attached hydrogens (tertiary/aromatic N) is 1. The van der Waals surface area contributed by atoms with E-state index in [9.17, 15) is 18.0 Å². The molecule has 0 saturated heterocycles. The third-order valence-corrected chi connectivity index (χ3v) is 8.06. The molecule has 0 fully saturated rings. The van der Waals surface area contributed by atoms with Crippen molar-refractivity contribution in [3.8, 4) is 0 Å². The molecule has 2 aromatic rings. The second-order valence-corrected chi connectivity index (χ2v) is 9.95. The summed E-state index contributed by atoms with van der Waals surface area (Å²) in [6, 6.07) is 7.01. The quantitative estimate of drug-likeness (QED) is 0.517. The first-order valence-corrected chi connectivity index (χ1v) is 11.8. The number of fused-ring (bicyclic) bond motifs is 1. The lowest BCUT2D eigenvalue weighted by atomic mass is 10.0. The van der Waals surface area contributed by atoms with E-state index in [-0.39, 0.29) is 22.2 Å². The van der Waals surface area contributed by atoms with Crippen LogP contribution in [0, 0.1) is 6.92 Å². The predicted octanol–water partition coefficient (Wildman–Crippen LogP) is 3.49. The average Bonchev–Trinajstić information content (AvgIpc) is 3.12. The molecule has 0 saturated carbocycles. The van der Waals surface area contributed by atoms with Gasteiger partial charge < -0.3 is 9.64 Å². The number of methoxy groups -OCH3 is 1. The number of rotatable bonds is 7. The van der Waals surface area contributed by atoms with Gasteiger partial charge in [0.15, 0.2) is 4.21 Å². The molecule has 0 radical (unpaired) electrons. The van der Waals surface area contributed by atoms with Gasteiger partial charge >= 0.3 is 5.97 Å². The molecule has 3 rings (SSSR count). The summed E-state index contributed by atoms with van der Waals surface area (Å²) >= 11 is 1.02. The summed E-state index contributed by atoms with van der Waals surface area (Å²) in [5.41, 5.74) is 1.92. The zero-order valence-electron chi connectivity index (χ0n) is 16.9. The van der Waals surface area contributed by atoms with Gasteiger partial charge in [0.05, 0.1) is 24.9 Å². The van der Waals surface area contributed by atoms with Crippen molar-refractivity contribution in [2.75, 3.05) is 18.4 Å². The minimum absolute atomic E-state index is 0.0176. The number of hydrogen-bond acceptors (Lipinski definition) is 6. The highest BCUT2D eigenvalue weighted by atomic mass is 32.2. The molecular weight excluding hydrogens is 424 g/mol. The Bertz CT molecular complexity index is 1090. The van der Waals surface area contributed by atoms with Crippen LogP contribution in [0.25, 0.3) is 0 Å². The molecule has 1 aromatic heterocycles. The first-order valence-electron chi connectivity index (χ1n) is 9.48. The minimum Gasteiger partial charge on any atom is -0.465 e. The van der Waals surface area contributed by atoms with Gasteiger partial charge in [-0.05, 0) is 37.0 Å². The number of carbonyl (C=O) groups is 2. The fraction of sp³-hybridized carbons (Fsp3) is 0.333. The van der Waals surface area contributed by atoms with Crippen molar-refractivity contribution in [3.63, 3.8) is 0 Å². The van der Waals surface area contributed by atoms with Crippen LogP contribution in [0.3, 0.4) is 0 Å². The summed E-state index contributed by atoms with van der Waals surface area (Å²) in [5.74, 6) is -0.708. The molecule has 1 amide bonds. The Morgan fingerprint density at radius 3 is 2.73 bits per heavy atom. The molecule has 30 heavy (non-hydrogen) atoms. The molecule has 1 aromatic carbocycles. The van der Waals surface area contributed by atoms with E-state index >= 15 is 0 Å². The van der Waals surface area contributed by atoms with Crippen molar-refractivity contribution in [2.45, 2.75) is 36.9 Å². The molecule has 160 valence electrons. The number of anilines is 1. The number of carbonyl (C=O) groups excluding carboxylic acids is 2. The van der Waals surface area contributed by atoms with Crippen molar-refractivity contribution >= 4 is 38.9 Å². The summed E-state index contributed by atoms with van der Waals surface area (Å²) in [5, 5.41) is 0. The molecule has 0 atom stereocenters. The van der Waals surface area contributed by atoms with Gasteiger partial charge in [-0.2, -0.15) is 0 Å². The molecule has 7 nitrogen and oxygen atoms in total. The van der Waals surface area contributed by atoms with E-state index < -0.39 is 16.0 Å². The highest BCUT2D eigenvalue weighted by Crippen LogP contribution is 2.37. The summed E-state index contributed by atoms with van der Waals surface area (Å²) in [7, 11) is -2.79. The SMILES string of the molecule is C=CCCC(=O)N1CCc2c(sc(S(=O)(=O)Nc3ccccc3C)c2C(=O)OC)C1. The third kappa shape index (κ3) is 4.41. The van der Waals surface area contributed by atoms with E-state index in [1.54, 1.807) is 36.1 Å². The molecule has 2 heterocycles. The van der Waals surface area contributed by atoms with E-state index in [4.69, 9.17) is 4.74 Å². The first-order chi connectivity index (χ1) is 14.3. The second kappa shape index (κ2) is 9.01. The zero-order chi connectivity index (χ0) is 21.9. The molecule has 9 heteroatoms. The number of hydrogen-bond donors (Lipinski definition) is 1. The molecule has 0 aliphatic carbocycles. The van der Waals surface area contributed by atoms with Gasteiger partial charge in [-0.3, -0.25) is 9.52 Å². The summed E-state index contributed by atoms with van der Waals surface area (Å²) in [6.07, 6.45) is 3.03. The lowest BCUT2D eigenvalue weighted by Gasteiger charge is -2.27. The highest BCUT2D eigenvalue weighted by Gasteiger charge is 2.35. The molecule has 1 N–H and O–H groups in total. The van der Waals surface area contributed by atoms with Gasteiger partial charge in [-0.15, -0.1) is 17.9 Å². The fourth-order valence-corrected chi connectivity index (χ4v) is 6.38. The Morgan fingerprint density at radius 2 is 2.07 bits per heavy atom. The lowest BCUT2D eigenvalue weighted by molar-refractivity contribution is -0.131. The largest absolute Gasteiger partial charge is 0.465 e. The maximum atomic E-state index is 13.2. The van der Waals surface area contributed by atoms with E-state index in [2.05, 4.69) is 11.3 Å². The number of benzene rings is 1. The van der Waals surface area contributed by atoms with Crippen molar-refractivity contribution < 1.29 is 22.7 Å². The minimum atomic E-state index is -4.02. The van der Waals surface area contributed by atoms with E-state index in [1.807, 2.05) is 6.07 Å². The van der Waals surface area contributed by atoms with Crippen LogP contribution in [0.4, 0.5) is 5.69 Å². The van der Waals surface area contributed by atoms with Crippen molar-refractivity contribution in [1.29, 1.82) is 0 Å². The molecule has 0 spiro atoms. The summed E-state index contributed by atoms with van der Waals surface area (Å²) in [4.78, 5) is 27.3. The highest BCUT2D eigenvalue weighted by molar-refractivity contribution is 7.94. The number of sulfonamides is 1. The molecular formula is C21H24N2O5S2. The number of nitrogens with one attached hydrogen (secondary N) is 1. The van der Waals surface area contributed by atoms with Gasteiger partial charge in [-0.1, -0.05) is 24.3 Å². The molecule has 0 bridgehead atoms. The van der Waals surface area contributed by atoms with Gasteiger partial charge in [0.1, 0.15) is 0 Å². The normalized spacial score (nSPS) is 13.5. The first kappa shape index (κ1) is 22.0. The van der Waals surface area contributed by atoms with Crippen molar-refractivity contribution in [1.82, 2.24) is 4.90 Å². The topological polar surface area (TPSA) is 92.8 Å². The Kier molecular flexibility index (Phi) is 6.62. The number of amides is 1. The van der Waals surface area contributed by atoms with E-state index in [1.165, 1.54) is 7.11 Å². The zero-order valence-corrected chi connectivity index (χ0v) is 18.6. The van der Waals surface area contributed by atoms with Crippen LogP contribution in [-0.2, 0) is 32.5 Å². The molecule has 0 unspecified atom stereocenters. The smallest absolute Gasteiger partial charge is 0.340 e. The number of aryl methyl sites for hydroxylation is 1. The van der Waals surface area contributed by atoms with Gasteiger partial charge in [0.2, 0.25) is 5.91 Å². The standard InChI is InChI=1S/C21H24N2O5S2/c1-4-5-10-18(24)23-12-11-15-17(13-23)29-21(19(15)20(25)28-3)30(26,27)22-16-9-7-6-8-14(16)2/h4,6-9,22H,1,5,10-13H2,2-3H3. The van der Waals surface area contributed by atoms with Crippen molar-refractivity contribution in [3.05, 3.63) is 58.5 Å². The number of allylic oxidation sites excluding steroid dienone is 1. The second-order valence-electron chi connectivity index (χ2n) is 6.97. The predicted molar refractivity (Wildman–Crippen MR) is 116 cm³/mol. The maximum absolute atomic E-state index is 13.2. The van der Waals surface area contributed by atoms with Gasteiger partial charge in [-0.25, -0.2) is 13.2 Å². The average molecular weight is 449 g/mol. The Balaban J connectivity index is 1.99. The van der Waals surface area contributed by atoms with Crippen LogP contribution in [-0.4, -0.2) is 38.8 Å². The fourth-order valence-electron chi connectivity index (χ4n) is 3.35. The van der Waals surface area contributed by atoms with Crippen LogP contribution in [0.15, 0.2) is 41.1 Å². The molecule has 1 aliphatic heterocycles. The number of ether oxygens (including phenoxy) is 1. The van der Waals surface area contributed by atoms with Crippen molar-refractivity contribution in [2.24, 2.45) is 0 Å². The van der Waals surface area contributed by atoms with E-state index in [0.29, 0.717) is 41.9 Å². The van der Waals surface area contributed by atoms with Crippen LogP contribution < -0.4 is 4.72 Å². The Morgan fingerprint density at radius 1 is 1.33 bits per heavy atom. The summed E-state index contributed by atoms with van der Waals surface area (Å²) in [6.45, 7) is 6.13. The number of esters is 1. The lowest BCUT2D eigenvalue weighted by Crippen LogP contribution is -2.35. The van der Waals surface area contributed by atoms with Gasteiger partial charge in [0, 0.05) is 17.8 Å². The monoisotopic (exact) mass is 448 g/mol.